The van der Waals surface area contributed by atoms with Crippen molar-refractivity contribution in [3.8, 4) is 0 Å². The number of nitrogens with zero attached hydrogens (tertiary/aromatic N) is 1. The van der Waals surface area contributed by atoms with Crippen LogP contribution in [0.2, 0.25) is 0 Å². The number of amides is 1. The Bertz CT molecular complexity index is 160. The van der Waals surface area contributed by atoms with Crippen LogP contribution in [0.3, 0.4) is 0 Å². The van der Waals surface area contributed by atoms with Crippen LogP contribution in [0, 0.1) is 0 Å². The Labute approximate surface area is 64.3 Å². The van der Waals surface area contributed by atoms with Crippen molar-refractivity contribution in [2.75, 3.05) is 6.61 Å². The molecule has 0 N–H and O–H groups in total. The van der Waals surface area contributed by atoms with Crippen molar-refractivity contribution in [2.24, 2.45) is 0 Å². The fourth-order valence-corrected chi connectivity index (χ4v) is 0.981. The van der Waals surface area contributed by atoms with Gasteiger partial charge in [-0.15, -0.1) is 6.58 Å². The number of hydrogen-bond donors (Lipinski definition) is 0. The van der Waals surface area contributed by atoms with Crippen molar-refractivity contribution in [2.45, 2.75) is 12.5 Å². The van der Waals surface area contributed by atoms with Crippen LogP contribution in [0.4, 0.5) is 4.79 Å². The molecule has 0 aromatic heterocycles. The van der Waals surface area contributed by atoms with E-state index in [0.29, 0.717) is 13.0 Å². The van der Waals surface area contributed by atoms with Gasteiger partial charge in [0.1, 0.15) is 6.61 Å². The fraction of sp³-hybridized carbons (Fsp3) is 0.500. The zero-order chi connectivity index (χ0) is 7.56. The molecule has 0 aromatic carbocycles. The molecule has 1 aliphatic rings. The molecule has 0 radical (unpaired) electrons. The van der Waals surface area contributed by atoms with Crippen LogP contribution in [0.1, 0.15) is 6.42 Å². The first-order valence-electron chi connectivity index (χ1n) is 2.98. The summed E-state index contributed by atoms with van der Waals surface area (Å²) in [6, 6.07) is -0.0355. The summed E-state index contributed by atoms with van der Waals surface area (Å²) in [6.45, 7) is 3.90. The molecule has 3 nitrogen and oxygen atoms in total. The van der Waals surface area contributed by atoms with E-state index < -0.39 is 6.09 Å². The summed E-state index contributed by atoms with van der Waals surface area (Å²) in [5.41, 5.74) is 0. The molecule has 1 unspecified atom stereocenters. The highest BCUT2D eigenvalue weighted by Crippen LogP contribution is 2.17. The van der Waals surface area contributed by atoms with E-state index in [-0.39, 0.29) is 6.04 Å². The van der Waals surface area contributed by atoms with E-state index in [1.54, 1.807) is 6.08 Å². The van der Waals surface area contributed by atoms with Gasteiger partial charge in [-0.1, -0.05) is 6.08 Å². The van der Waals surface area contributed by atoms with E-state index in [2.05, 4.69) is 11.3 Å². The van der Waals surface area contributed by atoms with Crippen molar-refractivity contribution in [1.29, 1.82) is 0 Å². The monoisotopic (exact) mass is 161 g/mol. The normalized spacial score (nSPS) is 24.7. The van der Waals surface area contributed by atoms with Gasteiger partial charge in [-0.05, 0) is 6.42 Å². The smallest absolute Gasteiger partial charge is 0.424 e. The molecule has 0 spiro atoms. The van der Waals surface area contributed by atoms with Gasteiger partial charge in [-0.3, -0.25) is 0 Å². The highest BCUT2D eigenvalue weighted by molar-refractivity contribution is 6.20. The molecule has 0 saturated carbocycles. The summed E-state index contributed by atoms with van der Waals surface area (Å²) in [6.07, 6.45) is 1.92. The number of cyclic esters (lactones) is 1. The van der Waals surface area contributed by atoms with Crippen LogP contribution in [0.5, 0.6) is 0 Å². The first-order valence-corrected chi connectivity index (χ1v) is 3.32. The minimum absolute atomic E-state index is 0.0355. The third-order valence-corrected chi connectivity index (χ3v) is 1.75. The topological polar surface area (TPSA) is 29.5 Å². The van der Waals surface area contributed by atoms with E-state index >= 15 is 0 Å². The van der Waals surface area contributed by atoms with Gasteiger partial charge in [-0.25, -0.2) is 9.21 Å². The average molecular weight is 162 g/mol. The van der Waals surface area contributed by atoms with Gasteiger partial charge in [0, 0.05) is 11.8 Å². The first-order chi connectivity index (χ1) is 4.75. The molecule has 10 heavy (non-hydrogen) atoms. The number of halogens is 1. The van der Waals surface area contributed by atoms with Crippen LogP contribution in [0.25, 0.3) is 0 Å². The van der Waals surface area contributed by atoms with E-state index in [0.717, 1.165) is 4.42 Å². The summed E-state index contributed by atoms with van der Waals surface area (Å²) < 4.78 is 5.71. The Kier molecular flexibility index (Phi) is 2.17. The SMILES string of the molecule is C=CCC1COC(=O)N1Cl. The second kappa shape index (κ2) is 2.92. The van der Waals surface area contributed by atoms with Crippen LogP contribution in [0.15, 0.2) is 12.7 Å². The third-order valence-electron chi connectivity index (χ3n) is 1.33. The number of carbonyl (C=O) groups excluding carboxylic acids is 1. The Morgan fingerprint density at radius 3 is 3.10 bits per heavy atom. The van der Waals surface area contributed by atoms with Gasteiger partial charge >= 0.3 is 6.09 Å². The Morgan fingerprint density at radius 1 is 2.00 bits per heavy atom. The molecule has 1 saturated heterocycles. The van der Waals surface area contributed by atoms with Gasteiger partial charge in [0.15, 0.2) is 0 Å². The maximum atomic E-state index is 10.6. The Hall–Kier alpha value is -0.700. The highest BCUT2D eigenvalue weighted by Gasteiger charge is 2.30. The van der Waals surface area contributed by atoms with Crippen molar-refractivity contribution in [3.63, 3.8) is 0 Å². The van der Waals surface area contributed by atoms with E-state index in [4.69, 9.17) is 11.8 Å². The summed E-state index contributed by atoms with van der Waals surface area (Å²) in [5.74, 6) is 0. The maximum Gasteiger partial charge on any atom is 0.424 e. The van der Waals surface area contributed by atoms with Crippen molar-refractivity contribution >= 4 is 17.9 Å². The molecular weight excluding hydrogens is 154 g/mol. The Morgan fingerprint density at radius 2 is 2.70 bits per heavy atom. The summed E-state index contributed by atoms with van der Waals surface area (Å²) in [7, 11) is 0. The van der Waals surface area contributed by atoms with Gasteiger partial charge in [0.05, 0.1) is 6.04 Å². The summed E-state index contributed by atoms with van der Waals surface area (Å²) in [4.78, 5) is 10.6. The fourth-order valence-electron chi connectivity index (χ4n) is 0.797. The molecule has 0 aliphatic carbocycles. The van der Waals surface area contributed by atoms with Gasteiger partial charge in [0.2, 0.25) is 0 Å². The molecule has 1 atom stereocenters. The molecule has 4 heteroatoms. The lowest BCUT2D eigenvalue weighted by atomic mass is 10.2. The van der Waals surface area contributed by atoms with Crippen LogP contribution >= 0.6 is 11.8 Å². The summed E-state index contributed by atoms with van der Waals surface area (Å²) in [5, 5.41) is 0. The van der Waals surface area contributed by atoms with Crippen molar-refractivity contribution < 1.29 is 9.53 Å². The molecule has 1 aliphatic heterocycles. The molecule has 56 valence electrons. The molecule has 1 heterocycles. The standard InChI is InChI=1S/C6H8ClNO2/c1-2-3-5-4-10-6(9)8(5)7/h2,5H,1,3-4H2. The predicted octanol–water partition coefficient (Wildman–Crippen LogP) is 1.54. The molecule has 1 amide bonds. The van der Waals surface area contributed by atoms with Crippen LogP contribution in [-0.4, -0.2) is 23.2 Å². The number of hydrogen-bond acceptors (Lipinski definition) is 2. The summed E-state index contributed by atoms with van der Waals surface area (Å²) >= 11 is 5.52. The zero-order valence-electron chi connectivity index (χ0n) is 5.42. The molecule has 0 aromatic rings. The van der Waals surface area contributed by atoms with Gasteiger partial charge < -0.3 is 4.74 Å². The second-order valence-corrected chi connectivity index (χ2v) is 2.43. The first kappa shape index (κ1) is 7.41. The van der Waals surface area contributed by atoms with E-state index in [9.17, 15) is 4.79 Å². The second-order valence-electron chi connectivity index (χ2n) is 2.07. The largest absolute Gasteiger partial charge is 0.446 e. The van der Waals surface area contributed by atoms with E-state index in [1.807, 2.05) is 0 Å². The van der Waals surface area contributed by atoms with Crippen LogP contribution in [-0.2, 0) is 4.74 Å². The lowest BCUT2D eigenvalue weighted by Crippen LogP contribution is -2.23. The average Bonchev–Trinajstić information content (AvgIpc) is 2.20. The molecule has 0 bridgehead atoms. The maximum absolute atomic E-state index is 10.6. The number of ether oxygens (including phenoxy) is 1. The Balaban J connectivity index is 2.48. The van der Waals surface area contributed by atoms with Crippen molar-refractivity contribution in [3.05, 3.63) is 12.7 Å². The molecule has 1 fully saturated rings. The highest BCUT2D eigenvalue weighted by atomic mass is 35.5. The van der Waals surface area contributed by atoms with E-state index in [1.165, 1.54) is 0 Å². The van der Waals surface area contributed by atoms with Crippen LogP contribution < -0.4 is 0 Å². The number of carbonyl (C=O) groups is 1. The van der Waals surface area contributed by atoms with Crippen molar-refractivity contribution in [1.82, 2.24) is 4.42 Å². The molecule has 1 rings (SSSR count). The van der Waals surface area contributed by atoms with Gasteiger partial charge in [-0.2, -0.15) is 0 Å². The molecular formula is C6H8ClNO2. The lowest BCUT2D eigenvalue weighted by Gasteiger charge is -2.08. The number of rotatable bonds is 2. The zero-order valence-corrected chi connectivity index (χ0v) is 6.17. The predicted molar refractivity (Wildman–Crippen MR) is 37.6 cm³/mol. The lowest BCUT2D eigenvalue weighted by molar-refractivity contribution is 0.170. The minimum atomic E-state index is -0.464. The third kappa shape index (κ3) is 1.24. The van der Waals surface area contributed by atoms with Gasteiger partial charge in [0.25, 0.3) is 0 Å². The minimum Gasteiger partial charge on any atom is -0.446 e. The quantitative estimate of drug-likeness (QED) is 0.454.